The number of hydrogen-bond donors (Lipinski definition) is 2. The van der Waals surface area contributed by atoms with Crippen LogP contribution >= 0.6 is 0 Å². The van der Waals surface area contributed by atoms with Gasteiger partial charge in [-0.15, -0.1) is 0 Å². The summed E-state index contributed by atoms with van der Waals surface area (Å²) in [6.45, 7) is 2.55. The summed E-state index contributed by atoms with van der Waals surface area (Å²) >= 11 is 0. The summed E-state index contributed by atoms with van der Waals surface area (Å²) in [7, 11) is -2.06. The molecule has 30 heavy (non-hydrogen) atoms. The van der Waals surface area contributed by atoms with Crippen molar-refractivity contribution in [3.05, 3.63) is 48.5 Å². The highest BCUT2D eigenvalue weighted by atomic mass is 32.2. The Morgan fingerprint density at radius 1 is 1.13 bits per heavy atom. The maximum Gasteiger partial charge on any atom is 0.265 e. The molecule has 9 heteroatoms. The minimum absolute atomic E-state index is 0.0782. The highest BCUT2D eigenvalue weighted by Crippen LogP contribution is 2.19. The number of rotatable bonds is 9. The van der Waals surface area contributed by atoms with Crippen LogP contribution in [0.25, 0.3) is 0 Å². The molecule has 1 amide bonds. The number of benzene rings is 2. The van der Waals surface area contributed by atoms with E-state index < -0.39 is 16.1 Å². The van der Waals surface area contributed by atoms with Crippen molar-refractivity contribution in [3.8, 4) is 11.5 Å². The van der Waals surface area contributed by atoms with Crippen LogP contribution in [0.5, 0.6) is 11.5 Å². The van der Waals surface area contributed by atoms with Crippen LogP contribution in [0.15, 0.2) is 53.4 Å². The van der Waals surface area contributed by atoms with Crippen molar-refractivity contribution in [1.82, 2.24) is 4.72 Å². The lowest BCUT2D eigenvalue weighted by atomic mass is 10.2. The number of methoxy groups -OCH3 is 1. The molecule has 162 valence electrons. The molecule has 8 nitrogen and oxygen atoms in total. The molecule has 0 bridgehead atoms. The summed E-state index contributed by atoms with van der Waals surface area (Å²) in [6.07, 6.45) is 0.978. The van der Waals surface area contributed by atoms with Gasteiger partial charge >= 0.3 is 0 Å². The van der Waals surface area contributed by atoms with Gasteiger partial charge in [0.2, 0.25) is 10.0 Å². The topological polar surface area (TPSA) is 103 Å². The van der Waals surface area contributed by atoms with E-state index in [-0.39, 0.29) is 23.5 Å². The molecule has 2 N–H and O–H groups in total. The minimum atomic E-state index is -3.63. The van der Waals surface area contributed by atoms with Crippen LogP contribution in [0, 0.1) is 0 Å². The summed E-state index contributed by atoms with van der Waals surface area (Å²) in [4.78, 5) is 12.5. The maximum absolute atomic E-state index is 12.4. The zero-order valence-corrected chi connectivity index (χ0v) is 17.8. The molecule has 1 saturated heterocycles. The van der Waals surface area contributed by atoms with Gasteiger partial charge in [0.15, 0.2) is 6.10 Å². The molecule has 1 heterocycles. The van der Waals surface area contributed by atoms with Gasteiger partial charge in [0.05, 0.1) is 18.1 Å². The highest BCUT2D eigenvalue weighted by Gasteiger charge is 2.20. The Morgan fingerprint density at radius 2 is 1.80 bits per heavy atom. The third-order valence-corrected chi connectivity index (χ3v) is 6.14. The van der Waals surface area contributed by atoms with Gasteiger partial charge in [-0.3, -0.25) is 4.79 Å². The van der Waals surface area contributed by atoms with Crippen molar-refractivity contribution >= 4 is 21.6 Å². The second kappa shape index (κ2) is 9.92. The molecule has 2 atom stereocenters. The standard InChI is InChI=1S/C21H26N2O6S/c1-15(29-18-9-7-17(27-2)8-10-18)21(24)23-16-5-11-20(12-6-16)30(25,26)22-14-19-4-3-13-28-19/h5-12,15,19,22H,3-4,13-14H2,1-2H3,(H,23,24). The highest BCUT2D eigenvalue weighted by molar-refractivity contribution is 7.89. The first-order valence-electron chi connectivity index (χ1n) is 9.70. The first-order valence-corrected chi connectivity index (χ1v) is 11.2. The largest absolute Gasteiger partial charge is 0.497 e. The van der Waals surface area contributed by atoms with Crippen molar-refractivity contribution in [2.75, 3.05) is 25.6 Å². The van der Waals surface area contributed by atoms with Crippen LogP contribution in [0.1, 0.15) is 19.8 Å². The van der Waals surface area contributed by atoms with Crippen molar-refractivity contribution < 1.29 is 27.4 Å². The molecule has 1 aliphatic rings. The Kier molecular flexibility index (Phi) is 7.30. The van der Waals surface area contributed by atoms with Gasteiger partial charge in [0.1, 0.15) is 11.5 Å². The van der Waals surface area contributed by atoms with Crippen LogP contribution in [-0.2, 0) is 19.6 Å². The van der Waals surface area contributed by atoms with Crippen LogP contribution in [0.3, 0.4) is 0 Å². The smallest absolute Gasteiger partial charge is 0.265 e. The lowest BCUT2D eigenvalue weighted by molar-refractivity contribution is -0.122. The fraction of sp³-hybridized carbons (Fsp3) is 0.381. The van der Waals surface area contributed by atoms with Crippen LogP contribution < -0.4 is 19.5 Å². The molecule has 1 aliphatic heterocycles. The normalized spacial score (nSPS) is 17.3. The molecule has 0 spiro atoms. The van der Waals surface area contributed by atoms with Crippen LogP contribution in [0.2, 0.25) is 0 Å². The molecule has 2 aromatic rings. The SMILES string of the molecule is COc1ccc(OC(C)C(=O)Nc2ccc(S(=O)(=O)NCC3CCCO3)cc2)cc1. The monoisotopic (exact) mass is 434 g/mol. The van der Waals surface area contributed by atoms with Gasteiger partial charge < -0.3 is 19.5 Å². The van der Waals surface area contributed by atoms with E-state index >= 15 is 0 Å². The Balaban J connectivity index is 1.53. The molecule has 1 fully saturated rings. The number of carbonyl (C=O) groups excluding carboxylic acids is 1. The van der Waals surface area contributed by atoms with Gasteiger partial charge in [-0.2, -0.15) is 0 Å². The van der Waals surface area contributed by atoms with E-state index in [9.17, 15) is 13.2 Å². The zero-order chi connectivity index (χ0) is 21.6. The fourth-order valence-corrected chi connectivity index (χ4v) is 4.03. The first kappa shape index (κ1) is 22.1. The molecular weight excluding hydrogens is 408 g/mol. The van der Waals surface area contributed by atoms with Crippen LogP contribution in [-0.4, -0.2) is 46.8 Å². The van der Waals surface area contributed by atoms with E-state index in [0.717, 1.165) is 12.8 Å². The summed E-state index contributed by atoms with van der Waals surface area (Å²) in [5.74, 6) is 0.884. The fourth-order valence-electron chi connectivity index (χ4n) is 2.96. The molecule has 2 aromatic carbocycles. The van der Waals surface area contributed by atoms with E-state index in [4.69, 9.17) is 14.2 Å². The molecule has 0 radical (unpaired) electrons. The summed E-state index contributed by atoms with van der Waals surface area (Å²) < 4.78 is 43.5. The second-order valence-corrected chi connectivity index (χ2v) is 8.70. The number of hydrogen-bond acceptors (Lipinski definition) is 6. The summed E-state index contributed by atoms with van der Waals surface area (Å²) in [5, 5.41) is 2.72. The molecule has 2 unspecified atom stereocenters. The minimum Gasteiger partial charge on any atom is -0.497 e. The van der Waals surface area contributed by atoms with Gasteiger partial charge in [0, 0.05) is 18.8 Å². The number of carbonyl (C=O) groups is 1. The van der Waals surface area contributed by atoms with Gasteiger partial charge in [-0.25, -0.2) is 13.1 Å². The van der Waals surface area contributed by atoms with E-state index in [1.165, 1.54) is 12.1 Å². The molecular formula is C21H26N2O6S. The van der Waals surface area contributed by atoms with Crippen molar-refractivity contribution in [2.24, 2.45) is 0 Å². The summed E-state index contributed by atoms with van der Waals surface area (Å²) in [6, 6.07) is 12.9. The Labute approximate surface area is 176 Å². The molecule has 0 saturated carbocycles. The van der Waals surface area contributed by atoms with E-state index in [0.29, 0.717) is 23.8 Å². The van der Waals surface area contributed by atoms with Crippen molar-refractivity contribution in [3.63, 3.8) is 0 Å². The lowest BCUT2D eigenvalue weighted by Gasteiger charge is -2.15. The maximum atomic E-state index is 12.4. The number of anilines is 1. The van der Waals surface area contributed by atoms with Crippen molar-refractivity contribution in [1.29, 1.82) is 0 Å². The number of amides is 1. The second-order valence-electron chi connectivity index (χ2n) is 6.94. The average Bonchev–Trinajstić information content (AvgIpc) is 3.27. The van der Waals surface area contributed by atoms with E-state index in [1.807, 2.05) is 0 Å². The first-order chi connectivity index (χ1) is 14.4. The van der Waals surface area contributed by atoms with Crippen LogP contribution in [0.4, 0.5) is 5.69 Å². The Bertz CT molecular complexity index is 938. The third kappa shape index (κ3) is 5.94. The van der Waals surface area contributed by atoms with Gasteiger partial charge in [-0.05, 0) is 68.3 Å². The van der Waals surface area contributed by atoms with Gasteiger partial charge in [0.25, 0.3) is 5.91 Å². The van der Waals surface area contributed by atoms with Gasteiger partial charge in [-0.1, -0.05) is 0 Å². The molecule has 3 rings (SSSR count). The molecule has 0 aliphatic carbocycles. The number of sulfonamides is 1. The number of ether oxygens (including phenoxy) is 3. The van der Waals surface area contributed by atoms with E-state index in [2.05, 4.69) is 10.0 Å². The predicted octanol–water partition coefficient (Wildman–Crippen LogP) is 2.56. The third-order valence-electron chi connectivity index (χ3n) is 4.70. The molecule has 0 aromatic heterocycles. The van der Waals surface area contributed by atoms with Crippen molar-refractivity contribution in [2.45, 2.75) is 36.9 Å². The Morgan fingerprint density at radius 3 is 2.40 bits per heavy atom. The lowest BCUT2D eigenvalue weighted by Crippen LogP contribution is -2.32. The quantitative estimate of drug-likeness (QED) is 0.629. The summed E-state index contributed by atoms with van der Waals surface area (Å²) in [5.41, 5.74) is 0.475. The average molecular weight is 435 g/mol. The zero-order valence-electron chi connectivity index (χ0n) is 17.0. The number of nitrogens with one attached hydrogen (secondary N) is 2. The predicted molar refractivity (Wildman–Crippen MR) is 112 cm³/mol. The van der Waals surface area contributed by atoms with E-state index in [1.54, 1.807) is 50.4 Å². The Hall–Kier alpha value is -2.62.